The first-order valence-electron chi connectivity index (χ1n) is 10.0. The molecular weight excluding hydrogens is 360 g/mol. The highest BCUT2D eigenvalue weighted by Crippen LogP contribution is 2.24. The Morgan fingerprint density at radius 2 is 1.57 bits per heavy atom. The zero-order chi connectivity index (χ0) is 20.1. The van der Waals surface area contributed by atoms with Crippen molar-refractivity contribution in [2.75, 3.05) is 26.2 Å². The number of likely N-dealkylation sites (tertiary alicyclic amines) is 2. The minimum atomic E-state index is -0.897. The van der Waals surface area contributed by atoms with Gasteiger partial charge in [0, 0.05) is 32.1 Å². The second kappa shape index (κ2) is 9.08. The molecule has 2 fully saturated rings. The Hall–Kier alpha value is -2.57. The van der Waals surface area contributed by atoms with Gasteiger partial charge in [-0.05, 0) is 56.7 Å². The standard InChI is InChI=1S/C21H28N2O5/c1-15(20(25)26)16-5-7-18(8-6-16)28-21(27)23-13-9-17(10-14-23)19(24)22-11-3-2-4-12-22/h5-8,15,17H,2-4,9-14H2,1H3,(H,25,26). The molecule has 0 saturated carbocycles. The highest BCUT2D eigenvalue weighted by atomic mass is 16.6. The molecule has 0 aromatic heterocycles. The number of nitrogens with zero attached hydrogens (tertiary/aromatic N) is 2. The normalized spacial score (nSPS) is 19.2. The smallest absolute Gasteiger partial charge is 0.415 e. The van der Waals surface area contributed by atoms with Gasteiger partial charge in [-0.1, -0.05) is 12.1 Å². The molecule has 7 nitrogen and oxygen atoms in total. The van der Waals surface area contributed by atoms with Crippen molar-refractivity contribution in [3.05, 3.63) is 29.8 Å². The molecule has 2 aliphatic rings. The minimum absolute atomic E-state index is 0.000982. The molecule has 2 aliphatic heterocycles. The van der Waals surface area contributed by atoms with Gasteiger partial charge >= 0.3 is 12.1 Å². The van der Waals surface area contributed by atoms with E-state index in [1.54, 1.807) is 36.1 Å². The largest absolute Gasteiger partial charge is 0.481 e. The lowest BCUT2D eigenvalue weighted by Gasteiger charge is -2.35. The van der Waals surface area contributed by atoms with Crippen molar-refractivity contribution >= 4 is 18.0 Å². The Morgan fingerprint density at radius 3 is 2.14 bits per heavy atom. The van der Waals surface area contributed by atoms with Crippen LogP contribution in [0.15, 0.2) is 24.3 Å². The van der Waals surface area contributed by atoms with Crippen molar-refractivity contribution < 1.29 is 24.2 Å². The number of amides is 2. The zero-order valence-electron chi connectivity index (χ0n) is 16.3. The summed E-state index contributed by atoms with van der Waals surface area (Å²) in [5, 5.41) is 9.04. The second-order valence-electron chi connectivity index (χ2n) is 7.64. The quantitative estimate of drug-likeness (QED) is 0.856. The number of ether oxygens (including phenoxy) is 1. The fraction of sp³-hybridized carbons (Fsp3) is 0.571. The maximum absolute atomic E-state index is 12.6. The lowest BCUT2D eigenvalue weighted by atomic mass is 9.94. The van der Waals surface area contributed by atoms with Gasteiger partial charge in [0.05, 0.1) is 5.92 Å². The lowest BCUT2D eigenvalue weighted by molar-refractivity contribution is -0.139. The molecule has 1 N–H and O–H groups in total. The fourth-order valence-electron chi connectivity index (χ4n) is 3.81. The number of piperidine rings is 2. The Morgan fingerprint density at radius 1 is 0.964 bits per heavy atom. The van der Waals surface area contributed by atoms with Crippen LogP contribution in [0.4, 0.5) is 4.79 Å². The second-order valence-corrected chi connectivity index (χ2v) is 7.64. The number of hydrogen-bond acceptors (Lipinski definition) is 4. The molecule has 0 bridgehead atoms. The van der Waals surface area contributed by atoms with Gasteiger partial charge in [-0.2, -0.15) is 0 Å². The van der Waals surface area contributed by atoms with Crippen LogP contribution >= 0.6 is 0 Å². The molecule has 7 heteroatoms. The molecular formula is C21H28N2O5. The first-order chi connectivity index (χ1) is 13.5. The van der Waals surface area contributed by atoms with E-state index in [0.29, 0.717) is 37.2 Å². The van der Waals surface area contributed by atoms with Crippen molar-refractivity contribution in [1.82, 2.24) is 9.80 Å². The third-order valence-electron chi connectivity index (χ3n) is 5.73. The van der Waals surface area contributed by atoms with Crippen molar-refractivity contribution in [2.24, 2.45) is 5.92 Å². The summed E-state index contributed by atoms with van der Waals surface area (Å²) in [4.78, 5) is 39.6. The zero-order valence-corrected chi connectivity index (χ0v) is 16.3. The minimum Gasteiger partial charge on any atom is -0.481 e. The first kappa shape index (κ1) is 20.2. The van der Waals surface area contributed by atoms with Crippen LogP contribution < -0.4 is 4.74 Å². The van der Waals surface area contributed by atoms with E-state index >= 15 is 0 Å². The van der Waals surface area contributed by atoms with Crippen LogP contribution in [0.25, 0.3) is 0 Å². The number of benzene rings is 1. The van der Waals surface area contributed by atoms with E-state index in [0.717, 1.165) is 25.9 Å². The van der Waals surface area contributed by atoms with E-state index < -0.39 is 18.0 Å². The molecule has 1 unspecified atom stereocenters. The van der Waals surface area contributed by atoms with Gasteiger partial charge in [-0.25, -0.2) is 4.79 Å². The van der Waals surface area contributed by atoms with Gasteiger partial charge in [0.2, 0.25) is 5.91 Å². The van der Waals surface area contributed by atoms with Crippen LogP contribution in [0, 0.1) is 5.92 Å². The molecule has 1 aromatic rings. The number of carboxylic acids is 1. The molecule has 1 atom stereocenters. The number of aliphatic carboxylic acids is 1. The predicted molar refractivity (Wildman–Crippen MR) is 103 cm³/mol. The van der Waals surface area contributed by atoms with Gasteiger partial charge in [0.25, 0.3) is 0 Å². The SMILES string of the molecule is CC(C(=O)O)c1ccc(OC(=O)N2CCC(C(=O)N3CCCCC3)CC2)cc1. The van der Waals surface area contributed by atoms with E-state index in [2.05, 4.69) is 0 Å². The van der Waals surface area contributed by atoms with Crippen molar-refractivity contribution in [2.45, 2.75) is 44.9 Å². The van der Waals surface area contributed by atoms with Crippen LogP contribution in [0.2, 0.25) is 0 Å². The molecule has 2 amide bonds. The Bertz CT molecular complexity index is 704. The van der Waals surface area contributed by atoms with E-state index in [9.17, 15) is 14.4 Å². The molecule has 0 spiro atoms. The first-order valence-corrected chi connectivity index (χ1v) is 10.0. The summed E-state index contributed by atoms with van der Waals surface area (Å²) in [7, 11) is 0. The van der Waals surface area contributed by atoms with Crippen LogP contribution in [0.3, 0.4) is 0 Å². The number of carbonyl (C=O) groups is 3. The van der Waals surface area contributed by atoms with E-state index in [1.165, 1.54) is 6.42 Å². The van der Waals surface area contributed by atoms with Gasteiger partial charge < -0.3 is 19.6 Å². The van der Waals surface area contributed by atoms with E-state index in [4.69, 9.17) is 9.84 Å². The summed E-state index contributed by atoms with van der Waals surface area (Å²) in [5.41, 5.74) is 0.657. The summed E-state index contributed by atoms with van der Waals surface area (Å²) >= 11 is 0. The topological polar surface area (TPSA) is 87.1 Å². The highest BCUT2D eigenvalue weighted by Gasteiger charge is 2.31. The summed E-state index contributed by atoms with van der Waals surface area (Å²) < 4.78 is 5.41. The average molecular weight is 388 g/mol. The third kappa shape index (κ3) is 4.82. The van der Waals surface area contributed by atoms with Crippen LogP contribution in [-0.4, -0.2) is 59.1 Å². The van der Waals surface area contributed by atoms with Crippen LogP contribution in [0.1, 0.15) is 50.5 Å². The molecule has 28 heavy (non-hydrogen) atoms. The molecule has 1 aromatic carbocycles. The number of hydrogen-bond donors (Lipinski definition) is 1. The Balaban J connectivity index is 1.48. The molecule has 2 saturated heterocycles. The van der Waals surface area contributed by atoms with E-state index in [1.807, 2.05) is 4.90 Å². The number of carbonyl (C=O) groups excluding carboxylic acids is 2. The molecule has 2 heterocycles. The van der Waals surface area contributed by atoms with Gasteiger partial charge in [0.1, 0.15) is 5.75 Å². The summed E-state index contributed by atoms with van der Waals surface area (Å²) in [6.45, 7) is 4.35. The Kier molecular flexibility index (Phi) is 6.54. The highest BCUT2D eigenvalue weighted by molar-refractivity contribution is 5.79. The maximum Gasteiger partial charge on any atom is 0.415 e. The number of carboxylic acid groups (broad SMARTS) is 1. The van der Waals surface area contributed by atoms with Crippen molar-refractivity contribution in [1.29, 1.82) is 0 Å². The van der Waals surface area contributed by atoms with Crippen LogP contribution in [-0.2, 0) is 9.59 Å². The van der Waals surface area contributed by atoms with Crippen molar-refractivity contribution in [3.63, 3.8) is 0 Å². The lowest BCUT2D eigenvalue weighted by Crippen LogP contribution is -2.46. The number of rotatable bonds is 4. The monoisotopic (exact) mass is 388 g/mol. The summed E-state index contributed by atoms with van der Waals surface area (Å²) in [6.07, 6.45) is 4.27. The molecule has 0 aliphatic carbocycles. The molecule has 0 radical (unpaired) electrons. The maximum atomic E-state index is 12.6. The average Bonchev–Trinajstić information content (AvgIpc) is 2.74. The summed E-state index contributed by atoms with van der Waals surface area (Å²) in [6, 6.07) is 6.54. The summed E-state index contributed by atoms with van der Waals surface area (Å²) in [5.74, 6) is -0.888. The van der Waals surface area contributed by atoms with Crippen molar-refractivity contribution in [3.8, 4) is 5.75 Å². The van der Waals surface area contributed by atoms with Gasteiger partial charge in [-0.3, -0.25) is 9.59 Å². The third-order valence-corrected chi connectivity index (χ3v) is 5.73. The molecule has 152 valence electrons. The van der Waals surface area contributed by atoms with Crippen LogP contribution in [0.5, 0.6) is 5.75 Å². The fourth-order valence-corrected chi connectivity index (χ4v) is 3.81. The van der Waals surface area contributed by atoms with Gasteiger partial charge in [0.15, 0.2) is 0 Å². The Labute approximate surface area is 165 Å². The van der Waals surface area contributed by atoms with E-state index in [-0.39, 0.29) is 11.8 Å². The molecule has 3 rings (SSSR count). The van der Waals surface area contributed by atoms with Gasteiger partial charge in [-0.15, -0.1) is 0 Å². The predicted octanol–water partition coefficient (Wildman–Crippen LogP) is 3.10.